The molecule has 2 aliphatic heterocycles. The van der Waals surface area contributed by atoms with Crippen LogP contribution >= 0.6 is 0 Å². The lowest BCUT2D eigenvalue weighted by Gasteiger charge is -2.52. The van der Waals surface area contributed by atoms with Crippen LogP contribution in [-0.4, -0.2) is 90.5 Å². The molecular weight excluding hydrogens is 578 g/mol. The van der Waals surface area contributed by atoms with Gasteiger partial charge in [-0.1, -0.05) is 27.2 Å². The number of methoxy groups -OCH3 is 1. The maximum absolute atomic E-state index is 13.6. The Morgan fingerprint density at radius 3 is 2.36 bits per heavy atom. The Balaban J connectivity index is 1.44. The number of hydrogen-bond acceptors (Lipinski definition) is 7. The first kappa shape index (κ1) is 34.1. The number of ether oxygens (including phenoxy) is 1. The van der Waals surface area contributed by atoms with E-state index in [-0.39, 0.29) is 17.6 Å². The number of benzene rings is 1. The molecule has 0 unspecified atom stereocenters. The van der Waals surface area contributed by atoms with Gasteiger partial charge in [-0.15, -0.1) is 0 Å². The molecule has 2 saturated heterocycles. The summed E-state index contributed by atoms with van der Waals surface area (Å²) in [5, 5.41) is 7.89. The third-order valence-electron chi connectivity index (χ3n) is 9.21. The Labute approximate surface area is 263 Å². The minimum absolute atomic E-state index is 0.000814. The lowest BCUT2D eigenvalue weighted by molar-refractivity contribution is -0.161. The number of rotatable bonds is 14. The van der Waals surface area contributed by atoms with Gasteiger partial charge in [0.05, 0.1) is 22.0 Å². The highest BCUT2D eigenvalue weighted by molar-refractivity contribution is 7.91. The molecule has 244 valence electrons. The van der Waals surface area contributed by atoms with E-state index in [2.05, 4.69) is 31.0 Å². The van der Waals surface area contributed by atoms with E-state index in [0.717, 1.165) is 35.5 Å². The molecule has 1 N–H and O–H groups in total. The Hall–Kier alpha value is -2.76. The Morgan fingerprint density at radius 1 is 1.07 bits per heavy atom. The van der Waals surface area contributed by atoms with Gasteiger partial charge in [-0.2, -0.15) is 5.10 Å². The SMILES string of the molecule is CCCCN1C(=O)[C@H](CC(C)C)NC(=O)C12CCN(Cc1c(C)nn(-c3ccc(S(=O)(=O)CCCCOC)cc3)c1C)CC2. The Kier molecular flexibility index (Phi) is 11.3. The number of hydrogen-bond donors (Lipinski definition) is 1. The number of piperazine rings is 1. The van der Waals surface area contributed by atoms with E-state index in [1.54, 1.807) is 19.2 Å². The summed E-state index contributed by atoms with van der Waals surface area (Å²) in [6.07, 6.45) is 5.00. The highest BCUT2D eigenvalue weighted by Gasteiger charge is 2.53. The maximum Gasteiger partial charge on any atom is 0.246 e. The van der Waals surface area contributed by atoms with E-state index in [0.29, 0.717) is 75.7 Å². The fourth-order valence-electron chi connectivity index (χ4n) is 6.56. The van der Waals surface area contributed by atoms with Gasteiger partial charge in [0, 0.05) is 51.2 Å². The highest BCUT2D eigenvalue weighted by atomic mass is 32.2. The second kappa shape index (κ2) is 14.6. The molecular formula is C33H51N5O5S. The van der Waals surface area contributed by atoms with Crippen molar-refractivity contribution < 1.29 is 22.7 Å². The maximum atomic E-state index is 13.6. The number of carbonyl (C=O) groups excluding carboxylic acids is 2. The number of aromatic nitrogens is 2. The van der Waals surface area contributed by atoms with Crippen molar-refractivity contribution in [3.8, 4) is 5.69 Å². The number of sulfone groups is 1. The molecule has 44 heavy (non-hydrogen) atoms. The van der Waals surface area contributed by atoms with E-state index in [1.807, 2.05) is 35.6 Å². The molecule has 0 radical (unpaired) electrons. The minimum atomic E-state index is -3.35. The third kappa shape index (κ3) is 7.37. The fourth-order valence-corrected chi connectivity index (χ4v) is 7.93. The molecule has 1 atom stereocenters. The van der Waals surface area contributed by atoms with E-state index < -0.39 is 21.4 Å². The number of piperidine rings is 1. The van der Waals surface area contributed by atoms with Crippen LogP contribution in [0.25, 0.3) is 5.69 Å². The minimum Gasteiger partial charge on any atom is -0.385 e. The summed E-state index contributed by atoms with van der Waals surface area (Å²) in [4.78, 5) is 31.8. The van der Waals surface area contributed by atoms with Crippen LogP contribution in [0.5, 0.6) is 0 Å². The van der Waals surface area contributed by atoms with Crippen LogP contribution in [0.1, 0.15) is 82.7 Å². The smallest absolute Gasteiger partial charge is 0.246 e. The zero-order valence-electron chi connectivity index (χ0n) is 27.4. The van der Waals surface area contributed by atoms with Crippen molar-refractivity contribution in [2.75, 3.05) is 39.1 Å². The van der Waals surface area contributed by atoms with Crippen molar-refractivity contribution in [2.45, 2.75) is 103 Å². The van der Waals surface area contributed by atoms with Crippen molar-refractivity contribution in [3.05, 3.63) is 41.2 Å². The predicted molar refractivity (Wildman–Crippen MR) is 171 cm³/mol. The second-order valence-electron chi connectivity index (χ2n) is 12.9. The van der Waals surface area contributed by atoms with Gasteiger partial charge in [0.1, 0.15) is 11.6 Å². The largest absolute Gasteiger partial charge is 0.385 e. The van der Waals surface area contributed by atoms with Crippen molar-refractivity contribution in [2.24, 2.45) is 5.92 Å². The normalized spacial score (nSPS) is 19.2. The standard InChI is InChI=1S/C33H51N5O5S/c1-7-8-17-37-31(39)30(22-24(2)3)34-32(40)33(37)15-18-36(19-16-33)23-29-25(4)35-38(26(29)5)27-11-13-28(14-12-27)44(41,42)21-10-9-20-43-6/h11-14,24,30H,7-10,15-23H2,1-6H3,(H,34,40)/t30-/m0/s1. The van der Waals surface area contributed by atoms with Crippen molar-refractivity contribution in [1.29, 1.82) is 0 Å². The molecule has 1 aromatic heterocycles. The summed E-state index contributed by atoms with van der Waals surface area (Å²) in [6.45, 7) is 13.6. The molecule has 2 fully saturated rings. The van der Waals surface area contributed by atoms with Gasteiger partial charge in [0.2, 0.25) is 11.8 Å². The van der Waals surface area contributed by atoms with Crippen LogP contribution in [0.3, 0.4) is 0 Å². The first-order valence-corrected chi connectivity index (χ1v) is 17.8. The number of nitrogens with zero attached hydrogens (tertiary/aromatic N) is 4. The quantitative estimate of drug-likeness (QED) is 0.312. The van der Waals surface area contributed by atoms with Crippen LogP contribution in [0.4, 0.5) is 0 Å². The molecule has 0 bridgehead atoms. The summed E-state index contributed by atoms with van der Waals surface area (Å²) < 4.78 is 32.4. The van der Waals surface area contributed by atoms with E-state index in [9.17, 15) is 18.0 Å². The Morgan fingerprint density at radius 2 is 1.75 bits per heavy atom. The number of likely N-dealkylation sites (tertiary alicyclic amines) is 1. The first-order chi connectivity index (χ1) is 20.9. The molecule has 2 aliphatic rings. The summed E-state index contributed by atoms with van der Waals surface area (Å²) in [5.74, 6) is 0.488. The van der Waals surface area contributed by atoms with Gasteiger partial charge in [-0.25, -0.2) is 13.1 Å². The second-order valence-corrected chi connectivity index (χ2v) is 15.0. The van der Waals surface area contributed by atoms with Gasteiger partial charge in [0.25, 0.3) is 0 Å². The molecule has 11 heteroatoms. The average molecular weight is 630 g/mol. The summed E-state index contributed by atoms with van der Waals surface area (Å²) in [6, 6.07) is 6.51. The number of unbranched alkanes of at least 4 members (excludes halogenated alkanes) is 2. The van der Waals surface area contributed by atoms with Gasteiger partial charge in [-0.3, -0.25) is 14.5 Å². The van der Waals surface area contributed by atoms with Crippen molar-refractivity contribution in [1.82, 2.24) is 24.9 Å². The molecule has 1 spiro atoms. The molecule has 2 aromatic rings. The van der Waals surface area contributed by atoms with Crippen LogP contribution in [0.15, 0.2) is 29.2 Å². The van der Waals surface area contributed by atoms with Gasteiger partial charge < -0.3 is 15.0 Å². The van der Waals surface area contributed by atoms with Gasteiger partial charge >= 0.3 is 0 Å². The molecule has 2 amide bonds. The van der Waals surface area contributed by atoms with Crippen molar-refractivity contribution >= 4 is 21.7 Å². The number of aryl methyl sites for hydroxylation is 1. The fraction of sp³-hybridized carbons (Fsp3) is 0.667. The number of amides is 2. The predicted octanol–water partition coefficient (Wildman–Crippen LogP) is 4.20. The zero-order valence-corrected chi connectivity index (χ0v) is 28.2. The molecule has 0 saturated carbocycles. The van der Waals surface area contributed by atoms with Crippen LogP contribution in [0.2, 0.25) is 0 Å². The summed E-state index contributed by atoms with van der Waals surface area (Å²) in [7, 11) is -1.74. The molecule has 4 rings (SSSR count). The number of carbonyl (C=O) groups is 2. The van der Waals surface area contributed by atoms with Gasteiger partial charge in [-0.05, 0) is 82.6 Å². The van der Waals surface area contributed by atoms with E-state index in [1.165, 1.54) is 0 Å². The first-order valence-electron chi connectivity index (χ1n) is 16.2. The Bertz CT molecular complexity index is 1390. The molecule has 3 heterocycles. The lowest BCUT2D eigenvalue weighted by Crippen LogP contribution is -2.73. The molecule has 0 aliphatic carbocycles. The zero-order chi connectivity index (χ0) is 32.1. The number of nitrogens with one attached hydrogen (secondary N) is 1. The van der Waals surface area contributed by atoms with Crippen LogP contribution < -0.4 is 5.32 Å². The topological polar surface area (TPSA) is 114 Å². The summed E-state index contributed by atoms with van der Waals surface area (Å²) >= 11 is 0. The van der Waals surface area contributed by atoms with Crippen molar-refractivity contribution in [3.63, 3.8) is 0 Å². The van der Waals surface area contributed by atoms with Gasteiger partial charge in [0.15, 0.2) is 9.84 Å². The van der Waals surface area contributed by atoms with Crippen LogP contribution in [0, 0.1) is 19.8 Å². The summed E-state index contributed by atoms with van der Waals surface area (Å²) in [5.41, 5.74) is 3.08. The monoisotopic (exact) mass is 629 g/mol. The highest BCUT2D eigenvalue weighted by Crippen LogP contribution is 2.35. The molecule has 10 nitrogen and oxygen atoms in total. The average Bonchev–Trinajstić information content (AvgIpc) is 3.27. The third-order valence-corrected chi connectivity index (χ3v) is 11.0. The van der Waals surface area contributed by atoms with E-state index >= 15 is 0 Å². The molecule has 1 aromatic carbocycles. The van der Waals surface area contributed by atoms with E-state index in [4.69, 9.17) is 9.84 Å². The lowest BCUT2D eigenvalue weighted by atomic mass is 9.80. The van der Waals surface area contributed by atoms with Crippen LogP contribution in [-0.2, 0) is 30.7 Å².